The zero-order chi connectivity index (χ0) is 24.2. The van der Waals surface area contributed by atoms with Crippen LogP contribution in [-0.4, -0.2) is 30.1 Å². The van der Waals surface area contributed by atoms with Gasteiger partial charge in [-0.3, -0.25) is 14.9 Å². The highest BCUT2D eigenvalue weighted by molar-refractivity contribution is 7.80. The molecule has 0 aliphatic carbocycles. The number of hydrogen-bond donors (Lipinski definition) is 3. The van der Waals surface area contributed by atoms with E-state index in [-0.39, 0.29) is 16.9 Å². The second kappa shape index (κ2) is 13.1. The summed E-state index contributed by atoms with van der Waals surface area (Å²) >= 11 is 5.29. The third kappa shape index (κ3) is 7.71. The molecule has 2 amide bonds. The van der Waals surface area contributed by atoms with Crippen molar-refractivity contribution in [2.75, 3.05) is 18.5 Å². The third-order valence-corrected chi connectivity index (χ3v) is 5.29. The molecule has 0 radical (unpaired) electrons. The summed E-state index contributed by atoms with van der Waals surface area (Å²) in [6.45, 7) is 3.22. The van der Waals surface area contributed by atoms with Crippen LogP contribution in [0.5, 0.6) is 5.75 Å². The van der Waals surface area contributed by atoms with Crippen LogP contribution in [0.4, 0.5) is 5.69 Å². The fourth-order valence-corrected chi connectivity index (χ4v) is 3.43. The lowest BCUT2D eigenvalue weighted by Gasteiger charge is -2.14. The molecule has 0 saturated heterocycles. The molecule has 0 unspecified atom stereocenters. The molecular weight excluding hydrogens is 446 g/mol. The molecule has 0 heterocycles. The van der Waals surface area contributed by atoms with E-state index >= 15 is 0 Å². The maximum absolute atomic E-state index is 12.6. The summed E-state index contributed by atoms with van der Waals surface area (Å²) in [4.78, 5) is 25.0. The van der Waals surface area contributed by atoms with Gasteiger partial charge in [-0.25, -0.2) is 0 Å². The highest BCUT2D eigenvalue weighted by Gasteiger charge is 2.13. The monoisotopic (exact) mass is 475 g/mol. The van der Waals surface area contributed by atoms with Crippen LogP contribution < -0.4 is 20.7 Å². The van der Waals surface area contributed by atoms with E-state index in [9.17, 15) is 9.59 Å². The lowest BCUT2D eigenvalue weighted by atomic mass is 10.1. The van der Waals surface area contributed by atoms with E-state index in [1.807, 2.05) is 18.2 Å². The normalized spacial score (nSPS) is 10.3. The van der Waals surface area contributed by atoms with E-state index < -0.39 is 0 Å². The smallest absolute Gasteiger partial charge is 0.257 e. The molecule has 0 aromatic heterocycles. The molecule has 3 aromatic rings. The number of hydrogen-bond acceptors (Lipinski definition) is 4. The fraction of sp³-hybridized carbons (Fsp3) is 0.222. The first-order valence-corrected chi connectivity index (χ1v) is 11.7. The Morgan fingerprint density at radius 2 is 1.59 bits per heavy atom. The number of amides is 2. The summed E-state index contributed by atoms with van der Waals surface area (Å²) in [5.74, 6) is 0.155. The summed E-state index contributed by atoms with van der Waals surface area (Å²) in [6.07, 6.45) is 2.71. The Bertz CT molecular complexity index is 1100. The van der Waals surface area contributed by atoms with E-state index in [0.29, 0.717) is 35.7 Å². The number of carbonyl (C=O) groups excluding carboxylic acids is 2. The number of carbonyl (C=O) groups is 2. The summed E-state index contributed by atoms with van der Waals surface area (Å²) in [5.41, 5.74) is 2.65. The summed E-state index contributed by atoms with van der Waals surface area (Å²) < 4.78 is 5.77. The second-order valence-electron chi connectivity index (χ2n) is 7.67. The molecule has 34 heavy (non-hydrogen) atoms. The standard InChI is InChI=1S/C27H29N3O3S/c1-2-3-18-28-26(32)23-11-7-8-12-24(23)29-27(34)30-25(31)21-13-15-22(16-14-21)33-19-17-20-9-5-4-6-10-20/h4-16H,2-3,17-19H2,1H3,(H,28,32)(H2,29,30,31,34). The Balaban J connectivity index is 1.51. The van der Waals surface area contributed by atoms with Crippen LogP contribution in [0.25, 0.3) is 0 Å². The predicted molar refractivity (Wildman–Crippen MR) is 139 cm³/mol. The van der Waals surface area contributed by atoms with Gasteiger partial charge in [0.15, 0.2) is 5.11 Å². The van der Waals surface area contributed by atoms with E-state index in [4.69, 9.17) is 17.0 Å². The first-order valence-electron chi connectivity index (χ1n) is 11.3. The molecule has 0 spiro atoms. The molecule has 7 heteroatoms. The molecule has 3 N–H and O–H groups in total. The zero-order valence-corrected chi connectivity index (χ0v) is 20.0. The van der Waals surface area contributed by atoms with Crippen LogP contribution >= 0.6 is 12.2 Å². The van der Waals surface area contributed by atoms with Gasteiger partial charge in [0.05, 0.1) is 17.9 Å². The highest BCUT2D eigenvalue weighted by Crippen LogP contribution is 2.16. The van der Waals surface area contributed by atoms with Gasteiger partial charge in [0.1, 0.15) is 5.75 Å². The van der Waals surface area contributed by atoms with Crippen molar-refractivity contribution in [2.24, 2.45) is 0 Å². The van der Waals surface area contributed by atoms with Crippen molar-refractivity contribution in [1.82, 2.24) is 10.6 Å². The molecule has 6 nitrogen and oxygen atoms in total. The summed E-state index contributed by atoms with van der Waals surface area (Å²) in [6, 6.07) is 24.0. The van der Waals surface area contributed by atoms with Gasteiger partial charge < -0.3 is 15.4 Å². The molecular formula is C27H29N3O3S. The number of para-hydroxylation sites is 1. The van der Waals surface area contributed by atoms with Gasteiger partial charge in [0.25, 0.3) is 11.8 Å². The molecule has 3 aromatic carbocycles. The quantitative estimate of drug-likeness (QED) is 0.285. The van der Waals surface area contributed by atoms with Gasteiger partial charge in [-0.05, 0) is 60.6 Å². The van der Waals surface area contributed by atoms with E-state index in [1.54, 1.807) is 48.5 Å². The van der Waals surface area contributed by atoms with Crippen molar-refractivity contribution in [3.05, 3.63) is 95.6 Å². The maximum atomic E-state index is 12.6. The number of benzene rings is 3. The van der Waals surface area contributed by atoms with Crippen molar-refractivity contribution >= 4 is 34.8 Å². The summed E-state index contributed by atoms with van der Waals surface area (Å²) in [7, 11) is 0. The Labute approximate surface area is 205 Å². The predicted octanol–water partition coefficient (Wildman–Crippen LogP) is 4.96. The van der Waals surface area contributed by atoms with Crippen LogP contribution in [0.1, 0.15) is 46.0 Å². The number of anilines is 1. The lowest BCUT2D eigenvalue weighted by Crippen LogP contribution is -2.35. The maximum Gasteiger partial charge on any atom is 0.257 e. The Morgan fingerprint density at radius 3 is 2.32 bits per heavy atom. The van der Waals surface area contributed by atoms with Gasteiger partial charge in [-0.2, -0.15) is 0 Å². The number of thiocarbonyl (C=S) groups is 1. The molecule has 0 fully saturated rings. The van der Waals surface area contributed by atoms with Crippen LogP contribution in [0.3, 0.4) is 0 Å². The minimum atomic E-state index is -0.349. The van der Waals surface area contributed by atoms with Gasteiger partial charge in [-0.15, -0.1) is 0 Å². The van der Waals surface area contributed by atoms with Crippen molar-refractivity contribution in [1.29, 1.82) is 0 Å². The first-order chi connectivity index (χ1) is 16.6. The zero-order valence-electron chi connectivity index (χ0n) is 19.2. The van der Waals surface area contributed by atoms with Gasteiger partial charge in [0.2, 0.25) is 0 Å². The van der Waals surface area contributed by atoms with Crippen molar-refractivity contribution in [3.63, 3.8) is 0 Å². The number of unbranched alkanes of at least 4 members (excludes halogenated alkanes) is 1. The Morgan fingerprint density at radius 1 is 0.882 bits per heavy atom. The van der Waals surface area contributed by atoms with E-state index in [2.05, 4.69) is 35.0 Å². The largest absolute Gasteiger partial charge is 0.493 e. The average molecular weight is 476 g/mol. The van der Waals surface area contributed by atoms with Crippen molar-refractivity contribution in [3.8, 4) is 5.75 Å². The SMILES string of the molecule is CCCCNC(=O)c1ccccc1NC(=S)NC(=O)c1ccc(OCCc2ccccc2)cc1. The number of nitrogens with one attached hydrogen (secondary N) is 3. The van der Waals surface area contributed by atoms with Gasteiger partial charge in [0, 0.05) is 18.5 Å². The van der Waals surface area contributed by atoms with Gasteiger partial charge in [-0.1, -0.05) is 55.8 Å². The third-order valence-electron chi connectivity index (χ3n) is 5.08. The molecule has 3 rings (SSSR count). The lowest BCUT2D eigenvalue weighted by molar-refractivity contribution is 0.0952. The highest BCUT2D eigenvalue weighted by atomic mass is 32.1. The van der Waals surface area contributed by atoms with E-state index in [0.717, 1.165) is 19.3 Å². The molecule has 176 valence electrons. The number of rotatable bonds is 10. The minimum Gasteiger partial charge on any atom is -0.493 e. The Kier molecular flexibility index (Phi) is 9.61. The average Bonchev–Trinajstić information content (AvgIpc) is 2.85. The second-order valence-corrected chi connectivity index (χ2v) is 8.08. The minimum absolute atomic E-state index is 0.113. The van der Waals surface area contributed by atoms with Crippen LogP contribution in [-0.2, 0) is 6.42 Å². The summed E-state index contributed by atoms with van der Waals surface area (Å²) in [5, 5.41) is 8.61. The van der Waals surface area contributed by atoms with E-state index in [1.165, 1.54) is 5.56 Å². The van der Waals surface area contributed by atoms with Crippen LogP contribution in [0.2, 0.25) is 0 Å². The topological polar surface area (TPSA) is 79.5 Å². The van der Waals surface area contributed by atoms with Gasteiger partial charge >= 0.3 is 0 Å². The molecule has 0 atom stereocenters. The van der Waals surface area contributed by atoms with Crippen LogP contribution in [0.15, 0.2) is 78.9 Å². The fourth-order valence-electron chi connectivity index (χ4n) is 3.23. The molecule has 0 aliphatic heterocycles. The molecule has 0 saturated carbocycles. The number of ether oxygens (including phenoxy) is 1. The first kappa shape index (κ1) is 24.9. The van der Waals surface area contributed by atoms with Crippen molar-refractivity contribution < 1.29 is 14.3 Å². The molecule has 0 bridgehead atoms. The Hall–Kier alpha value is -3.71. The van der Waals surface area contributed by atoms with Crippen LogP contribution in [0, 0.1) is 0 Å². The van der Waals surface area contributed by atoms with Crippen molar-refractivity contribution in [2.45, 2.75) is 26.2 Å². The molecule has 0 aliphatic rings.